The molecule has 0 aromatic rings. The van der Waals surface area contributed by atoms with E-state index in [1.165, 1.54) is 6.42 Å². The average Bonchev–Trinajstić information content (AvgIpc) is 2.27. The second-order valence-electron chi connectivity index (χ2n) is 6.34. The normalized spacial score (nSPS) is 16.3. The summed E-state index contributed by atoms with van der Waals surface area (Å²) in [4.78, 5) is 2.44. The van der Waals surface area contributed by atoms with Crippen LogP contribution in [0.15, 0.2) is 0 Å². The van der Waals surface area contributed by atoms with Gasteiger partial charge < -0.3 is 15.0 Å². The summed E-state index contributed by atoms with van der Waals surface area (Å²) in [5, 5.41) is 3.55. The van der Waals surface area contributed by atoms with Gasteiger partial charge in [0.2, 0.25) is 0 Å². The molecule has 0 heterocycles. The Labute approximate surface area is 114 Å². The van der Waals surface area contributed by atoms with Crippen molar-refractivity contribution < 1.29 is 4.74 Å². The molecule has 0 aromatic heterocycles. The molecule has 0 aliphatic carbocycles. The molecule has 0 radical (unpaired) electrons. The first-order valence-electron chi connectivity index (χ1n) is 7.23. The summed E-state index contributed by atoms with van der Waals surface area (Å²) in [6.45, 7) is 15.3. The fourth-order valence-electron chi connectivity index (χ4n) is 2.25. The first kappa shape index (κ1) is 17.9. The second kappa shape index (κ2) is 8.13. The number of methoxy groups -OCH3 is 1. The molecule has 2 atom stereocenters. The smallest absolute Gasteiger partial charge is 0.0787 e. The highest BCUT2D eigenvalue weighted by molar-refractivity contribution is 4.88. The van der Waals surface area contributed by atoms with Crippen molar-refractivity contribution in [3.05, 3.63) is 0 Å². The van der Waals surface area contributed by atoms with Gasteiger partial charge in [-0.05, 0) is 46.7 Å². The van der Waals surface area contributed by atoms with E-state index in [9.17, 15) is 0 Å². The molecular formula is C15H34N2O. The summed E-state index contributed by atoms with van der Waals surface area (Å²) in [5.74, 6) is 0.746. The number of hydrogen-bond acceptors (Lipinski definition) is 3. The lowest BCUT2D eigenvalue weighted by Crippen LogP contribution is -2.54. The van der Waals surface area contributed by atoms with Crippen molar-refractivity contribution in [2.24, 2.45) is 5.92 Å². The zero-order chi connectivity index (χ0) is 14.3. The van der Waals surface area contributed by atoms with E-state index < -0.39 is 0 Å². The Hall–Kier alpha value is -0.120. The number of ether oxygens (including phenoxy) is 1. The Kier molecular flexibility index (Phi) is 8.08. The van der Waals surface area contributed by atoms with E-state index in [1.54, 1.807) is 7.11 Å². The third-order valence-corrected chi connectivity index (χ3v) is 3.85. The van der Waals surface area contributed by atoms with Crippen LogP contribution in [0.25, 0.3) is 0 Å². The molecule has 0 amide bonds. The monoisotopic (exact) mass is 258 g/mol. The lowest BCUT2D eigenvalue weighted by atomic mass is 9.96. The van der Waals surface area contributed by atoms with Gasteiger partial charge in [-0.2, -0.15) is 0 Å². The number of likely N-dealkylation sites (N-methyl/N-ethyl adjacent to an activating group) is 2. The Balaban J connectivity index is 4.49. The van der Waals surface area contributed by atoms with Crippen LogP contribution in [0.3, 0.4) is 0 Å². The SMILES string of the molecule is CCNC(CN(C)C(C)CC(C)C)C(C)(C)OC. The van der Waals surface area contributed by atoms with Crippen molar-refractivity contribution in [1.82, 2.24) is 10.2 Å². The molecule has 3 nitrogen and oxygen atoms in total. The molecule has 0 aliphatic heterocycles. The predicted octanol–water partition coefficient (Wildman–Crippen LogP) is 2.76. The van der Waals surface area contributed by atoms with E-state index in [2.05, 4.69) is 58.8 Å². The zero-order valence-corrected chi connectivity index (χ0v) is 13.7. The van der Waals surface area contributed by atoms with Gasteiger partial charge in [-0.1, -0.05) is 20.8 Å². The standard InChI is InChI=1S/C15H34N2O/c1-9-16-14(15(5,6)18-8)11-17(7)13(4)10-12(2)3/h12-14,16H,9-11H2,1-8H3. The van der Waals surface area contributed by atoms with Crippen LogP contribution >= 0.6 is 0 Å². The molecule has 0 bridgehead atoms. The van der Waals surface area contributed by atoms with E-state index >= 15 is 0 Å². The summed E-state index contributed by atoms with van der Waals surface area (Å²) in [5.41, 5.74) is -0.137. The van der Waals surface area contributed by atoms with Gasteiger partial charge in [-0.3, -0.25) is 0 Å². The van der Waals surface area contributed by atoms with Gasteiger partial charge in [-0.15, -0.1) is 0 Å². The molecule has 110 valence electrons. The number of nitrogens with one attached hydrogen (secondary N) is 1. The minimum Gasteiger partial charge on any atom is -0.377 e. The highest BCUT2D eigenvalue weighted by atomic mass is 16.5. The summed E-state index contributed by atoms with van der Waals surface area (Å²) >= 11 is 0. The molecule has 0 saturated carbocycles. The Morgan fingerprint density at radius 1 is 1.22 bits per heavy atom. The minimum atomic E-state index is -0.137. The molecule has 0 aliphatic rings. The van der Waals surface area contributed by atoms with Gasteiger partial charge in [0, 0.05) is 25.7 Å². The van der Waals surface area contributed by atoms with E-state index in [0.29, 0.717) is 12.1 Å². The molecule has 0 saturated heterocycles. The van der Waals surface area contributed by atoms with E-state index in [-0.39, 0.29) is 5.60 Å². The molecule has 1 N–H and O–H groups in total. The molecule has 0 rings (SSSR count). The summed E-state index contributed by atoms with van der Waals surface area (Å²) in [6.07, 6.45) is 1.24. The lowest BCUT2D eigenvalue weighted by molar-refractivity contribution is -0.0206. The van der Waals surface area contributed by atoms with Crippen LogP contribution in [0, 0.1) is 5.92 Å². The van der Waals surface area contributed by atoms with Crippen molar-refractivity contribution in [2.45, 2.75) is 65.6 Å². The lowest BCUT2D eigenvalue weighted by Gasteiger charge is -2.38. The quantitative estimate of drug-likeness (QED) is 0.688. The van der Waals surface area contributed by atoms with Crippen LogP contribution in [-0.2, 0) is 4.74 Å². The highest BCUT2D eigenvalue weighted by Crippen LogP contribution is 2.17. The largest absolute Gasteiger partial charge is 0.377 e. The van der Waals surface area contributed by atoms with Crippen LogP contribution in [0.1, 0.15) is 48.0 Å². The van der Waals surface area contributed by atoms with Crippen LogP contribution in [-0.4, -0.2) is 49.8 Å². The first-order chi connectivity index (χ1) is 8.24. The van der Waals surface area contributed by atoms with Crippen LogP contribution < -0.4 is 5.32 Å². The maximum Gasteiger partial charge on any atom is 0.0787 e. The summed E-state index contributed by atoms with van der Waals surface area (Å²) < 4.78 is 5.62. The molecular weight excluding hydrogens is 224 g/mol. The highest BCUT2D eigenvalue weighted by Gasteiger charge is 2.30. The predicted molar refractivity (Wildman–Crippen MR) is 80.1 cm³/mol. The van der Waals surface area contributed by atoms with Gasteiger partial charge in [0.25, 0.3) is 0 Å². The molecule has 0 aromatic carbocycles. The molecule has 0 spiro atoms. The number of nitrogens with zero attached hydrogens (tertiary/aromatic N) is 1. The van der Waals surface area contributed by atoms with E-state index in [1.807, 2.05) is 0 Å². The van der Waals surface area contributed by atoms with Crippen molar-refractivity contribution in [3.8, 4) is 0 Å². The van der Waals surface area contributed by atoms with E-state index in [0.717, 1.165) is 19.0 Å². The minimum absolute atomic E-state index is 0.137. The number of rotatable bonds is 9. The second-order valence-corrected chi connectivity index (χ2v) is 6.34. The van der Waals surface area contributed by atoms with Crippen molar-refractivity contribution in [2.75, 3.05) is 27.2 Å². The van der Waals surface area contributed by atoms with Crippen LogP contribution in [0.2, 0.25) is 0 Å². The summed E-state index contributed by atoms with van der Waals surface area (Å²) in [6, 6.07) is 0.964. The van der Waals surface area contributed by atoms with Crippen LogP contribution in [0.5, 0.6) is 0 Å². The third kappa shape index (κ3) is 6.17. The van der Waals surface area contributed by atoms with Gasteiger partial charge in [-0.25, -0.2) is 0 Å². The van der Waals surface area contributed by atoms with Crippen molar-refractivity contribution in [3.63, 3.8) is 0 Å². The van der Waals surface area contributed by atoms with Crippen molar-refractivity contribution >= 4 is 0 Å². The Morgan fingerprint density at radius 2 is 1.78 bits per heavy atom. The van der Waals surface area contributed by atoms with Crippen LogP contribution in [0.4, 0.5) is 0 Å². The van der Waals surface area contributed by atoms with Gasteiger partial charge >= 0.3 is 0 Å². The first-order valence-corrected chi connectivity index (χ1v) is 7.23. The Bertz CT molecular complexity index is 217. The number of hydrogen-bond donors (Lipinski definition) is 1. The Morgan fingerprint density at radius 3 is 2.17 bits per heavy atom. The molecule has 2 unspecified atom stereocenters. The van der Waals surface area contributed by atoms with Crippen molar-refractivity contribution in [1.29, 1.82) is 0 Å². The third-order valence-electron chi connectivity index (χ3n) is 3.85. The maximum absolute atomic E-state index is 5.62. The van der Waals surface area contributed by atoms with E-state index in [4.69, 9.17) is 4.74 Å². The summed E-state index contributed by atoms with van der Waals surface area (Å²) in [7, 11) is 4.00. The fraction of sp³-hybridized carbons (Fsp3) is 1.00. The zero-order valence-electron chi connectivity index (χ0n) is 13.7. The molecule has 0 fully saturated rings. The van der Waals surface area contributed by atoms with Gasteiger partial charge in [0.1, 0.15) is 0 Å². The van der Waals surface area contributed by atoms with Gasteiger partial charge in [0.05, 0.1) is 5.60 Å². The molecule has 3 heteroatoms. The molecule has 18 heavy (non-hydrogen) atoms. The maximum atomic E-state index is 5.62. The fourth-order valence-corrected chi connectivity index (χ4v) is 2.25. The van der Waals surface area contributed by atoms with Gasteiger partial charge in [0.15, 0.2) is 0 Å². The topological polar surface area (TPSA) is 24.5 Å². The average molecular weight is 258 g/mol.